The van der Waals surface area contributed by atoms with E-state index in [0.717, 1.165) is 25.7 Å². The Morgan fingerprint density at radius 2 is 1.76 bits per heavy atom. The van der Waals surface area contributed by atoms with E-state index in [1.165, 1.54) is 0 Å². The summed E-state index contributed by atoms with van der Waals surface area (Å²) in [4.78, 5) is 14.5. The van der Waals surface area contributed by atoms with E-state index >= 15 is 0 Å². The second kappa shape index (κ2) is 8.45. The Balaban J connectivity index is 4.38. The van der Waals surface area contributed by atoms with Crippen LogP contribution in [0.3, 0.4) is 0 Å². The number of amides is 1. The van der Waals surface area contributed by atoms with Gasteiger partial charge in [0.25, 0.3) is 0 Å². The van der Waals surface area contributed by atoms with Crippen molar-refractivity contribution in [2.45, 2.75) is 46.5 Å². The molecule has 100 valence electrons. The fraction of sp³-hybridized carbons (Fsp3) is 0.846. The molecule has 0 aliphatic carbocycles. The fourth-order valence-corrected chi connectivity index (χ4v) is 2.07. The zero-order valence-corrected chi connectivity index (χ0v) is 12.3. The molecule has 4 heteroatoms. The second-order valence-electron chi connectivity index (χ2n) is 4.80. The molecule has 2 N–H and O–H groups in total. The summed E-state index contributed by atoms with van der Waals surface area (Å²) >= 11 is 4.93. The van der Waals surface area contributed by atoms with Gasteiger partial charge in [0.05, 0.1) is 4.99 Å². The Hall–Kier alpha value is -0.640. The highest BCUT2D eigenvalue weighted by molar-refractivity contribution is 7.80. The molecular weight excluding hydrogens is 232 g/mol. The van der Waals surface area contributed by atoms with Gasteiger partial charge in [-0.25, -0.2) is 0 Å². The lowest BCUT2D eigenvalue weighted by atomic mass is 9.96. The van der Waals surface area contributed by atoms with Crippen molar-refractivity contribution in [2.75, 3.05) is 13.6 Å². The number of nitrogens with zero attached hydrogens (tertiary/aromatic N) is 1. The predicted octanol–water partition coefficient (Wildman–Crippen LogP) is 2.58. The van der Waals surface area contributed by atoms with Crippen molar-refractivity contribution in [2.24, 2.45) is 17.6 Å². The third kappa shape index (κ3) is 6.01. The van der Waals surface area contributed by atoms with Crippen LogP contribution in [0.4, 0.5) is 0 Å². The van der Waals surface area contributed by atoms with Crippen LogP contribution in [-0.2, 0) is 4.79 Å². The zero-order valence-electron chi connectivity index (χ0n) is 11.5. The summed E-state index contributed by atoms with van der Waals surface area (Å²) in [5, 5.41) is 0. The molecule has 0 aromatic carbocycles. The number of rotatable bonds is 8. The molecular formula is C13H26N2OS. The van der Waals surface area contributed by atoms with Crippen molar-refractivity contribution in [1.82, 2.24) is 4.90 Å². The maximum atomic E-state index is 12.2. The number of nitrogens with two attached hydrogens (primary N) is 1. The molecule has 0 heterocycles. The maximum absolute atomic E-state index is 12.2. The molecule has 1 atom stereocenters. The standard InChI is InChI=1S/C13H26N2OS/c1-5-7-11(8-6-2)13(16)15(4)9-10(3)12(14)17/h10-11H,5-9H2,1-4H3,(H2,14,17). The summed E-state index contributed by atoms with van der Waals surface area (Å²) < 4.78 is 0. The van der Waals surface area contributed by atoms with Crippen molar-refractivity contribution >= 4 is 23.1 Å². The smallest absolute Gasteiger partial charge is 0.225 e. The van der Waals surface area contributed by atoms with Crippen molar-refractivity contribution in [3.05, 3.63) is 0 Å². The van der Waals surface area contributed by atoms with Crippen LogP contribution in [0, 0.1) is 11.8 Å². The van der Waals surface area contributed by atoms with Gasteiger partial charge in [-0.3, -0.25) is 4.79 Å². The van der Waals surface area contributed by atoms with Crippen LogP contribution in [0.15, 0.2) is 0 Å². The van der Waals surface area contributed by atoms with Crippen molar-refractivity contribution in [3.8, 4) is 0 Å². The van der Waals surface area contributed by atoms with Crippen LogP contribution in [0.25, 0.3) is 0 Å². The third-order valence-electron chi connectivity index (χ3n) is 3.03. The Kier molecular flexibility index (Phi) is 8.13. The molecule has 0 saturated heterocycles. The summed E-state index contributed by atoms with van der Waals surface area (Å²) in [5.74, 6) is 0.480. The molecule has 0 aromatic rings. The van der Waals surface area contributed by atoms with Gasteiger partial charge in [-0.05, 0) is 12.8 Å². The van der Waals surface area contributed by atoms with Crippen LogP contribution >= 0.6 is 12.2 Å². The fourth-order valence-electron chi connectivity index (χ4n) is 1.99. The van der Waals surface area contributed by atoms with Gasteiger partial charge in [-0.1, -0.05) is 45.8 Å². The van der Waals surface area contributed by atoms with Crippen molar-refractivity contribution in [3.63, 3.8) is 0 Å². The highest BCUT2D eigenvalue weighted by Gasteiger charge is 2.22. The van der Waals surface area contributed by atoms with Crippen molar-refractivity contribution < 1.29 is 4.79 Å². The van der Waals surface area contributed by atoms with Crippen molar-refractivity contribution in [1.29, 1.82) is 0 Å². The molecule has 17 heavy (non-hydrogen) atoms. The van der Waals surface area contributed by atoms with E-state index < -0.39 is 0 Å². The predicted molar refractivity (Wildman–Crippen MR) is 76.9 cm³/mol. The number of thiocarbonyl (C=S) groups is 1. The highest BCUT2D eigenvalue weighted by atomic mass is 32.1. The minimum Gasteiger partial charge on any atom is -0.393 e. The van der Waals surface area contributed by atoms with E-state index in [1.807, 2.05) is 14.0 Å². The molecule has 0 spiro atoms. The Bertz CT molecular complexity index is 250. The molecule has 1 unspecified atom stereocenters. The summed E-state index contributed by atoms with van der Waals surface area (Å²) in [5.41, 5.74) is 5.57. The lowest BCUT2D eigenvalue weighted by Crippen LogP contribution is -2.38. The molecule has 3 nitrogen and oxygen atoms in total. The normalized spacial score (nSPS) is 12.5. The maximum Gasteiger partial charge on any atom is 0.225 e. The lowest BCUT2D eigenvalue weighted by molar-refractivity contribution is -0.135. The summed E-state index contributed by atoms with van der Waals surface area (Å²) in [6.07, 6.45) is 4.04. The van der Waals surface area contributed by atoms with Crippen LogP contribution in [0.1, 0.15) is 46.5 Å². The average Bonchev–Trinajstić information content (AvgIpc) is 2.27. The van der Waals surface area contributed by atoms with Gasteiger partial charge in [0.15, 0.2) is 0 Å². The molecule has 0 radical (unpaired) electrons. The Labute approximate surface area is 111 Å². The van der Waals surface area contributed by atoms with Crippen LogP contribution in [0.5, 0.6) is 0 Å². The van der Waals surface area contributed by atoms with Gasteiger partial charge in [0.1, 0.15) is 0 Å². The minimum absolute atomic E-state index is 0.0860. The lowest BCUT2D eigenvalue weighted by Gasteiger charge is -2.25. The zero-order chi connectivity index (χ0) is 13.4. The monoisotopic (exact) mass is 258 g/mol. The average molecular weight is 258 g/mol. The molecule has 0 aliphatic rings. The van der Waals surface area contributed by atoms with E-state index in [9.17, 15) is 4.79 Å². The first kappa shape index (κ1) is 16.4. The first-order valence-corrected chi connectivity index (χ1v) is 6.89. The highest BCUT2D eigenvalue weighted by Crippen LogP contribution is 2.16. The summed E-state index contributed by atoms with van der Waals surface area (Å²) in [7, 11) is 1.84. The largest absolute Gasteiger partial charge is 0.393 e. The topological polar surface area (TPSA) is 46.3 Å². The van der Waals surface area contributed by atoms with Gasteiger partial charge < -0.3 is 10.6 Å². The van der Waals surface area contributed by atoms with E-state index in [2.05, 4.69) is 13.8 Å². The van der Waals surface area contributed by atoms with Gasteiger partial charge in [-0.2, -0.15) is 0 Å². The molecule has 0 saturated carbocycles. The van der Waals surface area contributed by atoms with Crippen LogP contribution < -0.4 is 5.73 Å². The van der Waals surface area contributed by atoms with E-state index in [4.69, 9.17) is 18.0 Å². The SMILES string of the molecule is CCCC(CCC)C(=O)N(C)CC(C)C(N)=S. The van der Waals surface area contributed by atoms with E-state index in [-0.39, 0.29) is 17.7 Å². The molecule has 0 fully saturated rings. The molecule has 0 aliphatic heterocycles. The molecule has 0 bridgehead atoms. The van der Waals surface area contributed by atoms with E-state index in [1.54, 1.807) is 4.90 Å². The third-order valence-corrected chi connectivity index (χ3v) is 3.44. The van der Waals surface area contributed by atoms with Gasteiger partial charge in [-0.15, -0.1) is 0 Å². The van der Waals surface area contributed by atoms with Gasteiger partial charge in [0.2, 0.25) is 5.91 Å². The molecule has 1 amide bonds. The summed E-state index contributed by atoms with van der Waals surface area (Å²) in [6, 6.07) is 0. The Morgan fingerprint density at radius 1 is 1.29 bits per heavy atom. The quantitative estimate of drug-likeness (QED) is 0.681. The second-order valence-corrected chi connectivity index (χ2v) is 5.27. The van der Waals surface area contributed by atoms with Gasteiger partial charge in [0, 0.05) is 25.4 Å². The Morgan fingerprint density at radius 3 is 2.12 bits per heavy atom. The first-order chi connectivity index (χ1) is 7.93. The van der Waals surface area contributed by atoms with Gasteiger partial charge >= 0.3 is 0 Å². The van der Waals surface area contributed by atoms with Crippen LogP contribution in [0.2, 0.25) is 0 Å². The number of hydrogen-bond donors (Lipinski definition) is 1. The minimum atomic E-state index is 0.0860. The molecule has 0 aromatic heterocycles. The number of hydrogen-bond acceptors (Lipinski definition) is 2. The number of carbonyl (C=O) groups excluding carboxylic acids is 1. The summed E-state index contributed by atoms with van der Waals surface area (Å²) in [6.45, 7) is 6.82. The van der Waals surface area contributed by atoms with E-state index in [0.29, 0.717) is 11.5 Å². The molecule has 0 rings (SSSR count). The first-order valence-electron chi connectivity index (χ1n) is 6.48. The van der Waals surface area contributed by atoms with Crippen LogP contribution in [-0.4, -0.2) is 29.4 Å². The number of carbonyl (C=O) groups is 1.